The van der Waals surface area contributed by atoms with Crippen molar-refractivity contribution in [1.29, 1.82) is 0 Å². The fourth-order valence-electron chi connectivity index (χ4n) is 5.23. The van der Waals surface area contributed by atoms with Gasteiger partial charge in [0.1, 0.15) is 0 Å². The largest absolute Gasteiger partial charge is 0.396 e. The van der Waals surface area contributed by atoms with Crippen molar-refractivity contribution in [1.82, 2.24) is 0 Å². The van der Waals surface area contributed by atoms with Gasteiger partial charge in [-0.25, -0.2) is 0 Å². The second-order valence-corrected chi connectivity index (χ2v) is 10.0. The van der Waals surface area contributed by atoms with E-state index in [-0.39, 0.29) is 19.1 Å². The number of halogens is 1. The molecule has 2 heterocycles. The molecule has 6 nitrogen and oxygen atoms in total. The van der Waals surface area contributed by atoms with Gasteiger partial charge in [-0.05, 0) is 60.4 Å². The van der Waals surface area contributed by atoms with Crippen molar-refractivity contribution < 1.29 is 19.8 Å². The molecule has 3 aromatic carbocycles. The number of nitrogens with zero attached hydrogens (tertiary/aromatic N) is 2. The van der Waals surface area contributed by atoms with Crippen LogP contribution in [0.5, 0.6) is 0 Å². The molecular weight excluding hydrogens is 488 g/mol. The summed E-state index contributed by atoms with van der Waals surface area (Å²) >= 11 is 6.25. The Morgan fingerprint density at radius 2 is 1.78 bits per heavy atom. The van der Waals surface area contributed by atoms with E-state index >= 15 is 0 Å². The number of amides is 2. The van der Waals surface area contributed by atoms with E-state index < -0.39 is 17.4 Å². The molecule has 0 aromatic heterocycles. The Hall–Kier alpha value is -3.45. The molecule has 37 heavy (non-hydrogen) atoms. The summed E-state index contributed by atoms with van der Waals surface area (Å²) < 4.78 is 0. The third kappa shape index (κ3) is 4.46. The second kappa shape index (κ2) is 10.1. The molecule has 0 saturated heterocycles. The molecule has 0 saturated carbocycles. The first-order chi connectivity index (χ1) is 17.8. The van der Waals surface area contributed by atoms with Crippen LogP contribution >= 0.6 is 11.6 Å². The molecular formula is C30H29ClN2O4. The molecule has 2 aliphatic rings. The topological polar surface area (TPSA) is 81.1 Å². The maximum atomic E-state index is 13.7. The number of aliphatic hydroxyl groups is 2. The van der Waals surface area contributed by atoms with Crippen LogP contribution in [0.4, 0.5) is 17.1 Å². The molecule has 2 aliphatic heterocycles. The molecule has 2 amide bonds. The number of fused-ring (bicyclic) bond motifs is 2. The average Bonchev–Trinajstić information content (AvgIpc) is 3.11. The summed E-state index contributed by atoms with van der Waals surface area (Å²) in [5.74, 6) is -0.892. The molecule has 0 aliphatic carbocycles. The Kier molecular flexibility index (Phi) is 6.90. The zero-order chi connectivity index (χ0) is 26.2. The van der Waals surface area contributed by atoms with Crippen molar-refractivity contribution in [3.05, 3.63) is 101 Å². The number of hydrogen-bond donors (Lipinski definition) is 2. The number of aliphatic hydroxyl groups excluding tert-OH is 1. The lowest BCUT2D eigenvalue weighted by atomic mass is 9.83. The fourth-order valence-corrected chi connectivity index (χ4v) is 5.41. The Bertz CT molecular complexity index is 1370. The quantitative estimate of drug-likeness (QED) is 0.420. The van der Waals surface area contributed by atoms with E-state index in [9.17, 15) is 14.7 Å². The highest BCUT2D eigenvalue weighted by atomic mass is 35.5. The van der Waals surface area contributed by atoms with Gasteiger partial charge in [0.05, 0.1) is 17.9 Å². The molecule has 0 radical (unpaired) electrons. The van der Waals surface area contributed by atoms with Gasteiger partial charge < -0.3 is 15.1 Å². The SMILES string of the molecule is C[C@@H](/C=C/CCO)[C@]1(O)C(=O)N(Cc2ccc(N3C(=O)CCc4ccccc43)cc2)c2ccc(Cl)cc21. The third-order valence-corrected chi connectivity index (χ3v) is 7.47. The van der Waals surface area contributed by atoms with Crippen LogP contribution in [0.2, 0.25) is 5.02 Å². The average molecular weight is 517 g/mol. The van der Waals surface area contributed by atoms with Gasteiger partial charge in [0.15, 0.2) is 5.60 Å². The zero-order valence-electron chi connectivity index (χ0n) is 20.6. The van der Waals surface area contributed by atoms with Crippen LogP contribution in [-0.2, 0) is 28.2 Å². The predicted molar refractivity (Wildman–Crippen MR) is 145 cm³/mol. The maximum Gasteiger partial charge on any atom is 0.264 e. The van der Waals surface area contributed by atoms with Crippen LogP contribution in [0.15, 0.2) is 78.9 Å². The molecule has 0 unspecified atom stereocenters. The monoisotopic (exact) mass is 516 g/mol. The minimum absolute atomic E-state index is 0.00522. The number of aryl methyl sites for hydroxylation is 1. The van der Waals surface area contributed by atoms with Gasteiger partial charge in [0.2, 0.25) is 5.91 Å². The minimum atomic E-state index is -1.77. The van der Waals surface area contributed by atoms with Gasteiger partial charge in [0, 0.05) is 35.2 Å². The molecule has 7 heteroatoms. The summed E-state index contributed by atoms with van der Waals surface area (Å²) in [6.07, 6.45) is 5.16. The standard InChI is InChI=1S/C30H29ClN2O4/c1-20(6-4-5-17-34)30(37)25-18-23(31)12-15-27(25)32(29(30)36)19-21-9-13-24(14-10-21)33-26-8-3-2-7-22(26)11-16-28(33)35/h2-4,6-10,12-15,18,20,34,37H,5,11,16-17,19H2,1H3/b6-4+/t20-,30+/m0/s1. The Morgan fingerprint density at radius 3 is 2.54 bits per heavy atom. The molecule has 5 rings (SSSR count). The van der Waals surface area contributed by atoms with E-state index in [0.29, 0.717) is 29.1 Å². The molecule has 190 valence electrons. The Morgan fingerprint density at radius 1 is 1.03 bits per heavy atom. The number of para-hydroxylation sites is 1. The smallest absolute Gasteiger partial charge is 0.264 e. The highest BCUT2D eigenvalue weighted by Gasteiger charge is 2.52. The van der Waals surface area contributed by atoms with Gasteiger partial charge in [0.25, 0.3) is 5.91 Å². The Balaban J connectivity index is 1.43. The van der Waals surface area contributed by atoms with Crippen molar-refractivity contribution in [2.45, 2.75) is 38.3 Å². The van der Waals surface area contributed by atoms with Gasteiger partial charge in [-0.15, -0.1) is 0 Å². The van der Waals surface area contributed by atoms with Crippen LogP contribution in [0.3, 0.4) is 0 Å². The first kappa shape index (κ1) is 25.2. The van der Waals surface area contributed by atoms with Crippen molar-refractivity contribution in [2.24, 2.45) is 5.92 Å². The van der Waals surface area contributed by atoms with Crippen molar-refractivity contribution in [3.63, 3.8) is 0 Å². The number of carbonyl (C=O) groups is 2. The lowest BCUT2D eigenvalue weighted by molar-refractivity contribution is -0.139. The number of hydrogen-bond acceptors (Lipinski definition) is 4. The number of anilines is 3. The highest BCUT2D eigenvalue weighted by Crippen LogP contribution is 2.47. The van der Waals surface area contributed by atoms with E-state index in [1.165, 1.54) is 0 Å². The van der Waals surface area contributed by atoms with E-state index in [4.69, 9.17) is 16.7 Å². The molecule has 3 aromatic rings. The summed E-state index contributed by atoms with van der Waals surface area (Å²) in [7, 11) is 0. The summed E-state index contributed by atoms with van der Waals surface area (Å²) in [4.78, 5) is 29.8. The van der Waals surface area contributed by atoms with Crippen LogP contribution in [-0.4, -0.2) is 28.6 Å². The van der Waals surface area contributed by atoms with Gasteiger partial charge in [-0.1, -0.05) is 61.0 Å². The number of carbonyl (C=O) groups excluding carboxylic acids is 2. The summed E-state index contributed by atoms with van der Waals surface area (Å²) in [6, 6.07) is 20.6. The molecule has 0 bridgehead atoms. The van der Waals surface area contributed by atoms with E-state index in [2.05, 4.69) is 0 Å². The van der Waals surface area contributed by atoms with Crippen molar-refractivity contribution in [3.8, 4) is 0 Å². The van der Waals surface area contributed by atoms with E-state index in [0.717, 1.165) is 28.9 Å². The lowest BCUT2D eigenvalue weighted by Gasteiger charge is -2.30. The van der Waals surface area contributed by atoms with Crippen LogP contribution < -0.4 is 9.80 Å². The summed E-state index contributed by atoms with van der Waals surface area (Å²) in [5.41, 5.74) is 3.01. The van der Waals surface area contributed by atoms with E-state index in [1.807, 2.05) is 48.5 Å². The number of benzene rings is 3. The van der Waals surface area contributed by atoms with Crippen molar-refractivity contribution in [2.75, 3.05) is 16.4 Å². The zero-order valence-corrected chi connectivity index (χ0v) is 21.4. The fraction of sp³-hybridized carbons (Fsp3) is 0.267. The molecule has 0 spiro atoms. The minimum Gasteiger partial charge on any atom is -0.396 e. The maximum absolute atomic E-state index is 13.7. The van der Waals surface area contributed by atoms with Crippen LogP contribution in [0, 0.1) is 5.92 Å². The highest BCUT2D eigenvalue weighted by molar-refractivity contribution is 6.31. The van der Waals surface area contributed by atoms with Gasteiger partial charge >= 0.3 is 0 Å². The normalized spacial score (nSPS) is 19.9. The summed E-state index contributed by atoms with van der Waals surface area (Å²) in [6.45, 7) is 2.03. The van der Waals surface area contributed by atoms with Crippen molar-refractivity contribution >= 4 is 40.5 Å². The first-order valence-corrected chi connectivity index (χ1v) is 12.8. The number of rotatable bonds is 7. The first-order valence-electron chi connectivity index (χ1n) is 12.5. The van der Waals surface area contributed by atoms with Crippen LogP contribution in [0.25, 0.3) is 0 Å². The molecule has 2 atom stereocenters. The van der Waals surface area contributed by atoms with Gasteiger partial charge in [-0.2, -0.15) is 0 Å². The van der Waals surface area contributed by atoms with E-state index in [1.54, 1.807) is 47.1 Å². The molecule has 0 fully saturated rings. The predicted octanol–water partition coefficient (Wildman–Crippen LogP) is 5.26. The molecule has 2 N–H and O–H groups in total. The third-order valence-electron chi connectivity index (χ3n) is 7.24. The Labute approximate surface area is 221 Å². The summed E-state index contributed by atoms with van der Waals surface area (Å²) in [5, 5.41) is 21.2. The van der Waals surface area contributed by atoms with Crippen LogP contribution in [0.1, 0.15) is 36.5 Å². The van der Waals surface area contributed by atoms with Gasteiger partial charge in [-0.3, -0.25) is 14.5 Å². The lowest BCUT2D eigenvalue weighted by Crippen LogP contribution is -2.44. The second-order valence-electron chi connectivity index (χ2n) is 9.57.